The second-order valence-corrected chi connectivity index (χ2v) is 5.16. The molecule has 0 saturated carbocycles. The van der Waals surface area contributed by atoms with Gasteiger partial charge in [0.25, 0.3) is 0 Å². The number of rotatable bonds is 4. The first kappa shape index (κ1) is 13.3. The second kappa shape index (κ2) is 6.14. The number of ketones is 1. The van der Waals surface area contributed by atoms with Gasteiger partial charge in [0.2, 0.25) is 0 Å². The van der Waals surface area contributed by atoms with E-state index in [9.17, 15) is 9.18 Å². The topological polar surface area (TPSA) is 17.1 Å². The van der Waals surface area contributed by atoms with Crippen LogP contribution in [0.5, 0.6) is 0 Å². The SMILES string of the molecule is O=C(CC1=CCCCC1)Cc1ccc(F)c(Cl)c1. The average Bonchev–Trinajstić information content (AvgIpc) is 2.35. The lowest BCUT2D eigenvalue weighted by atomic mass is 9.94. The van der Waals surface area contributed by atoms with Crippen molar-refractivity contribution in [1.29, 1.82) is 0 Å². The molecule has 96 valence electrons. The van der Waals surface area contributed by atoms with Crippen LogP contribution in [-0.4, -0.2) is 5.78 Å². The van der Waals surface area contributed by atoms with Gasteiger partial charge in [-0.3, -0.25) is 4.79 Å². The van der Waals surface area contributed by atoms with Gasteiger partial charge in [-0.15, -0.1) is 0 Å². The molecule has 3 heteroatoms. The van der Waals surface area contributed by atoms with Crippen molar-refractivity contribution in [2.45, 2.75) is 38.5 Å². The van der Waals surface area contributed by atoms with E-state index in [-0.39, 0.29) is 10.8 Å². The lowest BCUT2D eigenvalue weighted by molar-refractivity contribution is -0.117. The first-order valence-corrected chi connectivity index (χ1v) is 6.66. The van der Waals surface area contributed by atoms with E-state index in [0.29, 0.717) is 12.8 Å². The number of halogens is 2. The number of carbonyl (C=O) groups is 1. The summed E-state index contributed by atoms with van der Waals surface area (Å²) in [4.78, 5) is 11.9. The zero-order valence-electron chi connectivity index (χ0n) is 10.2. The summed E-state index contributed by atoms with van der Waals surface area (Å²) >= 11 is 5.69. The van der Waals surface area contributed by atoms with E-state index >= 15 is 0 Å². The Kier molecular flexibility index (Phi) is 4.54. The van der Waals surface area contributed by atoms with Crippen LogP contribution in [0.1, 0.15) is 37.7 Å². The summed E-state index contributed by atoms with van der Waals surface area (Å²) in [5, 5.41) is 0.0807. The van der Waals surface area contributed by atoms with Crippen molar-refractivity contribution >= 4 is 17.4 Å². The van der Waals surface area contributed by atoms with Crippen LogP contribution < -0.4 is 0 Å². The van der Waals surface area contributed by atoms with Crippen molar-refractivity contribution in [3.05, 3.63) is 46.3 Å². The smallest absolute Gasteiger partial charge is 0.141 e. The highest BCUT2D eigenvalue weighted by molar-refractivity contribution is 6.30. The van der Waals surface area contributed by atoms with E-state index in [4.69, 9.17) is 11.6 Å². The standard InChI is InChI=1S/C15H16ClFO/c16-14-10-12(6-7-15(14)17)9-13(18)8-11-4-2-1-3-5-11/h4,6-7,10H,1-3,5,8-9H2. The number of Topliss-reactive ketones (excluding diaryl/α,β-unsaturated/α-hetero) is 1. The van der Waals surface area contributed by atoms with E-state index < -0.39 is 5.82 Å². The first-order valence-electron chi connectivity index (χ1n) is 6.28. The minimum Gasteiger partial charge on any atom is -0.299 e. The zero-order chi connectivity index (χ0) is 13.0. The fourth-order valence-electron chi connectivity index (χ4n) is 2.26. The lowest BCUT2D eigenvalue weighted by Crippen LogP contribution is -2.06. The molecule has 0 aromatic heterocycles. The van der Waals surface area contributed by atoms with Gasteiger partial charge < -0.3 is 0 Å². The van der Waals surface area contributed by atoms with Crippen molar-refractivity contribution in [1.82, 2.24) is 0 Å². The van der Waals surface area contributed by atoms with Gasteiger partial charge >= 0.3 is 0 Å². The molecule has 0 aliphatic heterocycles. The third-order valence-electron chi connectivity index (χ3n) is 3.19. The van der Waals surface area contributed by atoms with Crippen molar-refractivity contribution in [2.24, 2.45) is 0 Å². The van der Waals surface area contributed by atoms with Gasteiger partial charge in [0.15, 0.2) is 0 Å². The van der Waals surface area contributed by atoms with Crippen molar-refractivity contribution < 1.29 is 9.18 Å². The van der Waals surface area contributed by atoms with E-state index in [1.54, 1.807) is 6.07 Å². The first-order chi connectivity index (χ1) is 8.65. The van der Waals surface area contributed by atoms with Gasteiger partial charge in [-0.25, -0.2) is 4.39 Å². The molecule has 0 spiro atoms. The predicted octanol–water partition coefficient (Wildman–Crippen LogP) is 4.48. The third-order valence-corrected chi connectivity index (χ3v) is 3.48. The molecule has 1 aliphatic rings. The van der Waals surface area contributed by atoms with Crippen molar-refractivity contribution in [2.75, 3.05) is 0 Å². The molecule has 0 unspecified atom stereocenters. The Hall–Kier alpha value is -1.15. The van der Waals surface area contributed by atoms with Crippen LogP contribution in [0.2, 0.25) is 5.02 Å². The van der Waals surface area contributed by atoms with Gasteiger partial charge in [0.05, 0.1) is 5.02 Å². The number of allylic oxidation sites excluding steroid dienone is 2. The van der Waals surface area contributed by atoms with E-state index in [0.717, 1.165) is 18.4 Å². The van der Waals surface area contributed by atoms with E-state index in [2.05, 4.69) is 6.08 Å². The molecule has 1 aliphatic carbocycles. The summed E-state index contributed by atoms with van der Waals surface area (Å²) < 4.78 is 13.0. The maximum atomic E-state index is 13.0. The molecule has 1 nitrogen and oxygen atoms in total. The molecule has 0 saturated heterocycles. The maximum absolute atomic E-state index is 13.0. The Morgan fingerprint density at radius 1 is 1.28 bits per heavy atom. The molecule has 0 N–H and O–H groups in total. The Labute approximate surface area is 112 Å². The molecule has 0 bridgehead atoms. The molecule has 18 heavy (non-hydrogen) atoms. The monoisotopic (exact) mass is 266 g/mol. The Morgan fingerprint density at radius 3 is 2.78 bits per heavy atom. The van der Waals surface area contributed by atoms with E-state index in [1.165, 1.54) is 30.5 Å². The number of hydrogen-bond acceptors (Lipinski definition) is 1. The Morgan fingerprint density at radius 2 is 2.11 bits per heavy atom. The van der Waals surface area contributed by atoms with Gasteiger partial charge in [-0.1, -0.05) is 29.3 Å². The van der Waals surface area contributed by atoms with E-state index in [1.807, 2.05) is 0 Å². The van der Waals surface area contributed by atoms with Gasteiger partial charge in [-0.2, -0.15) is 0 Å². The molecule has 1 aromatic carbocycles. The lowest BCUT2D eigenvalue weighted by Gasteiger charge is -2.11. The average molecular weight is 267 g/mol. The summed E-state index contributed by atoms with van der Waals surface area (Å²) in [7, 11) is 0. The van der Waals surface area contributed by atoms with Gasteiger partial charge in [0.1, 0.15) is 11.6 Å². The molecular formula is C15H16ClFO. The molecular weight excluding hydrogens is 251 g/mol. The Bertz CT molecular complexity index is 479. The predicted molar refractivity (Wildman–Crippen MR) is 71.3 cm³/mol. The summed E-state index contributed by atoms with van der Waals surface area (Å²) in [5.74, 6) is -0.270. The molecule has 0 amide bonds. The van der Waals surface area contributed by atoms with Gasteiger partial charge in [0, 0.05) is 12.8 Å². The van der Waals surface area contributed by atoms with Crippen LogP contribution in [0.3, 0.4) is 0 Å². The van der Waals surface area contributed by atoms with Crippen LogP contribution in [-0.2, 0) is 11.2 Å². The largest absolute Gasteiger partial charge is 0.299 e. The summed E-state index contributed by atoms with van der Waals surface area (Å²) in [6.45, 7) is 0. The fraction of sp³-hybridized carbons (Fsp3) is 0.400. The van der Waals surface area contributed by atoms with Crippen LogP contribution in [0.15, 0.2) is 29.8 Å². The van der Waals surface area contributed by atoms with Crippen molar-refractivity contribution in [3.8, 4) is 0 Å². The molecule has 0 fully saturated rings. The zero-order valence-corrected chi connectivity index (χ0v) is 11.0. The number of carbonyl (C=O) groups excluding carboxylic acids is 1. The minimum absolute atomic E-state index is 0.0807. The quantitative estimate of drug-likeness (QED) is 0.735. The number of benzene rings is 1. The maximum Gasteiger partial charge on any atom is 0.141 e. The van der Waals surface area contributed by atoms with Crippen molar-refractivity contribution in [3.63, 3.8) is 0 Å². The molecule has 1 aromatic rings. The number of hydrogen-bond donors (Lipinski definition) is 0. The van der Waals surface area contributed by atoms with Crippen LogP contribution >= 0.6 is 11.6 Å². The third kappa shape index (κ3) is 3.67. The molecule has 2 rings (SSSR count). The summed E-state index contributed by atoms with van der Waals surface area (Å²) in [5.41, 5.74) is 2.03. The Balaban J connectivity index is 1.94. The molecule has 0 atom stereocenters. The highest BCUT2D eigenvalue weighted by atomic mass is 35.5. The normalized spacial score (nSPS) is 15.3. The fourth-order valence-corrected chi connectivity index (χ4v) is 2.46. The molecule has 0 radical (unpaired) electrons. The highest BCUT2D eigenvalue weighted by Crippen LogP contribution is 2.22. The highest BCUT2D eigenvalue weighted by Gasteiger charge is 2.10. The second-order valence-electron chi connectivity index (χ2n) is 4.75. The van der Waals surface area contributed by atoms with Crippen LogP contribution in [0.25, 0.3) is 0 Å². The summed E-state index contributed by atoms with van der Waals surface area (Å²) in [6.07, 6.45) is 7.57. The van der Waals surface area contributed by atoms with Crippen LogP contribution in [0, 0.1) is 5.82 Å². The van der Waals surface area contributed by atoms with Crippen LogP contribution in [0.4, 0.5) is 4.39 Å². The molecule has 0 heterocycles. The van der Waals surface area contributed by atoms with Gasteiger partial charge in [-0.05, 0) is 43.4 Å². The minimum atomic E-state index is -0.442. The summed E-state index contributed by atoms with van der Waals surface area (Å²) in [6, 6.07) is 4.46.